The number of rotatable bonds is 5. The number of para-hydroxylation sites is 1. The monoisotopic (exact) mass is 274 g/mol. The molecular weight excluding hydrogens is 252 g/mol. The largest absolute Gasteiger partial charge is 0.478 e. The van der Waals surface area contributed by atoms with Gasteiger partial charge in [-0.1, -0.05) is 24.3 Å². The van der Waals surface area contributed by atoms with Crippen LogP contribution in [0.2, 0.25) is 0 Å². The van der Waals surface area contributed by atoms with E-state index in [1.807, 2.05) is 6.07 Å². The number of hydrogen-bond acceptors (Lipinski definition) is 3. The molecule has 0 amide bonds. The summed E-state index contributed by atoms with van der Waals surface area (Å²) in [5.74, 6) is -0.882. The first-order valence-electron chi connectivity index (χ1n) is 7.06. The summed E-state index contributed by atoms with van der Waals surface area (Å²) in [6.45, 7) is 2.78. The fourth-order valence-corrected chi connectivity index (χ4v) is 2.66. The fraction of sp³-hybridized carbons (Fsp3) is 0.438. The first-order chi connectivity index (χ1) is 9.66. The molecule has 0 aromatic heterocycles. The van der Waals surface area contributed by atoms with Gasteiger partial charge in [0.15, 0.2) is 0 Å². The van der Waals surface area contributed by atoms with E-state index in [-0.39, 0.29) is 0 Å². The van der Waals surface area contributed by atoms with Crippen LogP contribution in [-0.2, 0) is 4.79 Å². The molecule has 1 aromatic rings. The highest BCUT2D eigenvalue weighted by atomic mass is 16.4. The second kappa shape index (κ2) is 7.10. The van der Waals surface area contributed by atoms with Crippen LogP contribution in [0.1, 0.15) is 12.8 Å². The average molecular weight is 274 g/mol. The summed E-state index contributed by atoms with van der Waals surface area (Å²) in [4.78, 5) is 15.1. The van der Waals surface area contributed by atoms with Crippen molar-refractivity contribution in [1.82, 2.24) is 4.90 Å². The van der Waals surface area contributed by atoms with Crippen LogP contribution in [0.4, 0.5) is 5.69 Å². The van der Waals surface area contributed by atoms with E-state index >= 15 is 0 Å². The van der Waals surface area contributed by atoms with E-state index in [0.717, 1.165) is 13.1 Å². The number of carboxylic acids is 1. The second-order valence-electron chi connectivity index (χ2n) is 5.26. The van der Waals surface area contributed by atoms with Crippen molar-refractivity contribution in [3.05, 3.63) is 42.5 Å². The maximum absolute atomic E-state index is 10.5. The highest BCUT2D eigenvalue weighted by Crippen LogP contribution is 2.21. The molecule has 1 fully saturated rings. The number of anilines is 1. The van der Waals surface area contributed by atoms with Crippen molar-refractivity contribution in [2.75, 3.05) is 31.6 Å². The van der Waals surface area contributed by atoms with Gasteiger partial charge in [-0.2, -0.15) is 0 Å². The molecule has 1 saturated heterocycles. The smallest absolute Gasteiger partial charge is 0.328 e. The summed E-state index contributed by atoms with van der Waals surface area (Å²) in [5, 5.41) is 8.61. The van der Waals surface area contributed by atoms with Crippen LogP contribution in [0.5, 0.6) is 0 Å². The predicted octanol–water partition coefficient (Wildman–Crippen LogP) is 2.23. The van der Waals surface area contributed by atoms with Gasteiger partial charge in [0.2, 0.25) is 0 Å². The fourth-order valence-electron chi connectivity index (χ4n) is 2.66. The van der Waals surface area contributed by atoms with Crippen molar-refractivity contribution < 1.29 is 9.90 Å². The van der Waals surface area contributed by atoms with Crippen molar-refractivity contribution in [2.24, 2.45) is 0 Å². The summed E-state index contributed by atoms with van der Waals surface area (Å²) in [6.07, 6.45) is 5.27. The van der Waals surface area contributed by atoms with Gasteiger partial charge in [0.25, 0.3) is 0 Å². The Morgan fingerprint density at radius 3 is 2.90 bits per heavy atom. The molecule has 4 nitrogen and oxygen atoms in total. The minimum Gasteiger partial charge on any atom is -0.478 e. The molecule has 1 atom stereocenters. The molecule has 1 aromatic carbocycles. The zero-order valence-electron chi connectivity index (χ0n) is 11.9. The van der Waals surface area contributed by atoms with Crippen LogP contribution in [0.25, 0.3) is 0 Å². The van der Waals surface area contributed by atoms with Crippen LogP contribution in [0.15, 0.2) is 42.5 Å². The molecule has 1 unspecified atom stereocenters. The number of benzene rings is 1. The number of hydrogen-bond donors (Lipinski definition) is 1. The Bertz CT molecular complexity index is 459. The minimum atomic E-state index is -0.882. The van der Waals surface area contributed by atoms with Crippen molar-refractivity contribution >= 4 is 11.7 Å². The van der Waals surface area contributed by atoms with E-state index in [0.29, 0.717) is 12.6 Å². The lowest BCUT2D eigenvalue weighted by atomic mass is 10.0. The minimum absolute atomic E-state index is 0.474. The lowest BCUT2D eigenvalue weighted by molar-refractivity contribution is -0.131. The first-order valence-corrected chi connectivity index (χ1v) is 7.06. The third-order valence-corrected chi connectivity index (χ3v) is 3.80. The zero-order valence-corrected chi connectivity index (χ0v) is 11.9. The van der Waals surface area contributed by atoms with E-state index < -0.39 is 5.97 Å². The van der Waals surface area contributed by atoms with Crippen molar-refractivity contribution in [3.8, 4) is 0 Å². The van der Waals surface area contributed by atoms with Crippen LogP contribution in [0.3, 0.4) is 0 Å². The highest BCUT2D eigenvalue weighted by molar-refractivity contribution is 5.79. The van der Waals surface area contributed by atoms with Gasteiger partial charge in [-0.05, 0) is 32.0 Å². The molecule has 0 radical (unpaired) electrons. The Morgan fingerprint density at radius 1 is 1.45 bits per heavy atom. The lowest BCUT2D eigenvalue weighted by Gasteiger charge is -2.38. The van der Waals surface area contributed by atoms with Crippen LogP contribution in [0, 0.1) is 0 Å². The normalized spacial score (nSPS) is 19.7. The number of likely N-dealkylation sites (N-methyl/N-ethyl adjacent to an activating group) is 1. The third-order valence-electron chi connectivity index (χ3n) is 3.80. The predicted molar refractivity (Wildman–Crippen MR) is 81.1 cm³/mol. The summed E-state index contributed by atoms with van der Waals surface area (Å²) >= 11 is 0. The van der Waals surface area contributed by atoms with E-state index in [4.69, 9.17) is 5.11 Å². The molecular formula is C16H22N2O2. The third kappa shape index (κ3) is 4.10. The SMILES string of the molecule is CN(CC=CC(=O)O)C1CCCN(c2ccccc2)C1. The molecule has 2 rings (SSSR count). The van der Waals surface area contributed by atoms with Gasteiger partial charge in [0.1, 0.15) is 0 Å². The number of carbonyl (C=O) groups is 1. The van der Waals surface area contributed by atoms with E-state index in [1.54, 1.807) is 6.08 Å². The topological polar surface area (TPSA) is 43.8 Å². The average Bonchev–Trinajstić information content (AvgIpc) is 2.48. The van der Waals surface area contributed by atoms with E-state index in [9.17, 15) is 4.79 Å². The molecule has 1 N–H and O–H groups in total. The van der Waals surface area contributed by atoms with Gasteiger partial charge in [0, 0.05) is 37.4 Å². The number of carboxylic acid groups (broad SMARTS) is 1. The van der Waals surface area contributed by atoms with Gasteiger partial charge in [-0.25, -0.2) is 4.79 Å². The maximum atomic E-state index is 10.5. The lowest BCUT2D eigenvalue weighted by Crippen LogP contribution is -2.46. The Labute approximate surface area is 120 Å². The van der Waals surface area contributed by atoms with Gasteiger partial charge in [-0.3, -0.25) is 4.90 Å². The van der Waals surface area contributed by atoms with Gasteiger partial charge >= 0.3 is 5.97 Å². The Hall–Kier alpha value is -1.81. The van der Waals surface area contributed by atoms with Crippen molar-refractivity contribution in [3.63, 3.8) is 0 Å². The molecule has 108 valence electrons. The zero-order chi connectivity index (χ0) is 14.4. The summed E-state index contributed by atoms with van der Waals surface area (Å²) in [5.41, 5.74) is 1.27. The quantitative estimate of drug-likeness (QED) is 0.836. The molecule has 1 aliphatic heterocycles. The summed E-state index contributed by atoms with van der Waals surface area (Å²) < 4.78 is 0. The molecule has 1 heterocycles. The molecule has 0 spiro atoms. The number of piperidine rings is 1. The number of nitrogens with zero attached hydrogens (tertiary/aromatic N) is 2. The van der Waals surface area contributed by atoms with Crippen molar-refractivity contribution in [2.45, 2.75) is 18.9 Å². The molecule has 4 heteroatoms. The van der Waals surface area contributed by atoms with Crippen molar-refractivity contribution in [1.29, 1.82) is 0 Å². The van der Waals surface area contributed by atoms with Crippen LogP contribution >= 0.6 is 0 Å². The molecule has 20 heavy (non-hydrogen) atoms. The molecule has 1 aliphatic rings. The number of aliphatic carboxylic acids is 1. The Balaban J connectivity index is 1.91. The molecule has 0 aliphatic carbocycles. The summed E-state index contributed by atoms with van der Waals surface area (Å²) in [6, 6.07) is 10.9. The van der Waals surface area contributed by atoms with Gasteiger partial charge in [0.05, 0.1) is 0 Å². The van der Waals surface area contributed by atoms with Gasteiger partial charge in [-0.15, -0.1) is 0 Å². The van der Waals surface area contributed by atoms with E-state index in [2.05, 4.69) is 41.1 Å². The maximum Gasteiger partial charge on any atom is 0.328 e. The molecule has 0 bridgehead atoms. The highest BCUT2D eigenvalue weighted by Gasteiger charge is 2.22. The first kappa shape index (κ1) is 14.6. The van der Waals surface area contributed by atoms with E-state index in [1.165, 1.54) is 24.6 Å². The Kier molecular flexibility index (Phi) is 5.18. The Morgan fingerprint density at radius 2 is 2.20 bits per heavy atom. The van der Waals surface area contributed by atoms with Crippen LogP contribution in [-0.4, -0.2) is 48.7 Å². The second-order valence-corrected chi connectivity index (χ2v) is 5.26. The van der Waals surface area contributed by atoms with Gasteiger partial charge < -0.3 is 10.0 Å². The molecule has 0 saturated carbocycles. The summed E-state index contributed by atoms with van der Waals surface area (Å²) in [7, 11) is 2.06. The van der Waals surface area contributed by atoms with Crippen LogP contribution < -0.4 is 4.90 Å². The standard InChI is InChI=1S/C16H22N2O2/c1-17(11-6-10-16(19)20)15-9-5-12-18(13-15)14-7-3-2-4-8-14/h2-4,6-8,10,15H,5,9,11-13H2,1H3,(H,19,20).